The van der Waals surface area contributed by atoms with Gasteiger partial charge in [-0.15, -0.1) is 0 Å². The molecule has 3 N–H and O–H groups in total. The summed E-state index contributed by atoms with van der Waals surface area (Å²) in [5.74, 6) is 0. The predicted molar refractivity (Wildman–Crippen MR) is 74.3 cm³/mol. The van der Waals surface area contributed by atoms with Gasteiger partial charge in [-0.2, -0.15) is 17.7 Å². The third-order valence-electron chi connectivity index (χ3n) is 1.27. The predicted octanol–water partition coefficient (Wildman–Crippen LogP) is 2.35. The van der Waals surface area contributed by atoms with Crippen LogP contribution in [0.3, 0.4) is 0 Å². The SMILES string of the molecule is CCC[c-]1cccc1.CCO.CCO.CCO.[Hf]. The summed E-state index contributed by atoms with van der Waals surface area (Å²) in [6.07, 6.45) is 2.48. The molecule has 0 fully saturated rings. The van der Waals surface area contributed by atoms with Gasteiger partial charge in [0.25, 0.3) is 0 Å². The van der Waals surface area contributed by atoms with E-state index in [1.54, 1.807) is 20.8 Å². The topological polar surface area (TPSA) is 60.7 Å². The number of aryl methyl sites for hydroxylation is 1. The summed E-state index contributed by atoms with van der Waals surface area (Å²) in [6, 6.07) is 8.52. The smallest absolute Gasteiger partial charge is 0.0402 e. The Morgan fingerprint density at radius 2 is 1.06 bits per heavy atom. The van der Waals surface area contributed by atoms with Gasteiger partial charge in [-0.1, -0.05) is 19.8 Å². The van der Waals surface area contributed by atoms with Crippen molar-refractivity contribution in [3.8, 4) is 0 Å². The summed E-state index contributed by atoms with van der Waals surface area (Å²) in [5, 5.41) is 22.7. The minimum atomic E-state index is 0. The molecule has 0 heterocycles. The van der Waals surface area contributed by atoms with Gasteiger partial charge in [0, 0.05) is 45.7 Å². The van der Waals surface area contributed by atoms with E-state index in [0.29, 0.717) is 0 Å². The van der Waals surface area contributed by atoms with E-state index in [2.05, 4.69) is 31.2 Å². The van der Waals surface area contributed by atoms with Crippen molar-refractivity contribution < 1.29 is 41.2 Å². The molecule has 18 heavy (non-hydrogen) atoms. The fourth-order valence-corrected chi connectivity index (χ4v) is 0.869. The van der Waals surface area contributed by atoms with Crippen molar-refractivity contribution in [1.82, 2.24) is 0 Å². The van der Waals surface area contributed by atoms with Gasteiger partial charge in [0.2, 0.25) is 0 Å². The summed E-state index contributed by atoms with van der Waals surface area (Å²) < 4.78 is 0. The molecule has 3 nitrogen and oxygen atoms in total. The van der Waals surface area contributed by atoms with Crippen LogP contribution in [0.4, 0.5) is 0 Å². The quantitative estimate of drug-likeness (QED) is 0.505. The Labute approximate surface area is 131 Å². The average Bonchev–Trinajstić information content (AvgIpc) is 2.75. The average molecular weight is 424 g/mol. The molecule has 0 bridgehead atoms. The van der Waals surface area contributed by atoms with Crippen LogP contribution in [-0.2, 0) is 32.3 Å². The molecule has 0 aliphatic rings. The number of aliphatic hydroxyl groups is 3. The van der Waals surface area contributed by atoms with Crippen LogP contribution in [0.1, 0.15) is 39.7 Å². The van der Waals surface area contributed by atoms with Crippen LogP contribution in [0.5, 0.6) is 0 Å². The third-order valence-corrected chi connectivity index (χ3v) is 1.27. The molecule has 0 aliphatic heterocycles. The van der Waals surface area contributed by atoms with Crippen molar-refractivity contribution >= 4 is 0 Å². The molecule has 108 valence electrons. The molecule has 0 amide bonds. The molecular weight excluding hydrogens is 395 g/mol. The van der Waals surface area contributed by atoms with E-state index >= 15 is 0 Å². The Hall–Kier alpha value is 0.100. The summed E-state index contributed by atoms with van der Waals surface area (Å²) >= 11 is 0. The maximum Gasteiger partial charge on any atom is 0.0402 e. The van der Waals surface area contributed by atoms with E-state index in [9.17, 15) is 0 Å². The number of hydrogen-bond donors (Lipinski definition) is 3. The van der Waals surface area contributed by atoms with Gasteiger partial charge in [-0.3, -0.25) is 0 Å². The van der Waals surface area contributed by atoms with E-state index in [1.165, 1.54) is 18.4 Å². The molecule has 0 saturated heterocycles. The second kappa shape index (κ2) is 30.3. The van der Waals surface area contributed by atoms with Gasteiger partial charge in [0.05, 0.1) is 0 Å². The van der Waals surface area contributed by atoms with E-state index < -0.39 is 0 Å². The van der Waals surface area contributed by atoms with Crippen LogP contribution in [0.25, 0.3) is 0 Å². The van der Waals surface area contributed by atoms with Gasteiger partial charge < -0.3 is 15.3 Å². The second-order valence-electron chi connectivity index (χ2n) is 2.99. The molecular formula is C14H29HfO3-. The first-order chi connectivity index (χ1) is 8.17. The zero-order chi connectivity index (χ0) is 13.9. The van der Waals surface area contributed by atoms with Crippen molar-refractivity contribution in [2.75, 3.05) is 19.8 Å². The fourth-order valence-electron chi connectivity index (χ4n) is 0.869. The molecule has 0 unspecified atom stereocenters. The Kier molecular flexibility index (Phi) is 44.8. The summed E-state index contributed by atoms with van der Waals surface area (Å²) in [4.78, 5) is 0. The van der Waals surface area contributed by atoms with Crippen molar-refractivity contribution in [3.05, 3.63) is 29.8 Å². The van der Waals surface area contributed by atoms with Gasteiger partial charge in [0.1, 0.15) is 0 Å². The molecule has 1 aromatic rings. The van der Waals surface area contributed by atoms with Crippen molar-refractivity contribution in [2.24, 2.45) is 0 Å². The van der Waals surface area contributed by atoms with Crippen LogP contribution in [0.15, 0.2) is 24.3 Å². The maximum absolute atomic E-state index is 7.57. The first-order valence-corrected chi connectivity index (χ1v) is 6.21. The van der Waals surface area contributed by atoms with Crippen molar-refractivity contribution in [1.29, 1.82) is 0 Å². The Morgan fingerprint density at radius 1 is 0.778 bits per heavy atom. The second-order valence-corrected chi connectivity index (χ2v) is 2.99. The largest absolute Gasteiger partial charge is 0.397 e. The monoisotopic (exact) mass is 425 g/mol. The van der Waals surface area contributed by atoms with Gasteiger partial charge >= 0.3 is 0 Å². The van der Waals surface area contributed by atoms with Crippen molar-refractivity contribution in [2.45, 2.75) is 40.5 Å². The summed E-state index contributed by atoms with van der Waals surface area (Å²) in [5.41, 5.74) is 1.47. The first-order valence-electron chi connectivity index (χ1n) is 6.21. The van der Waals surface area contributed by atoms with Crippen LogP contribution in [-0.4, -0.2) is 35.1 Å². The number of rotatable bonds is 2. The normalized spacial score (nSPS) is 7.28. The molecule has 0 aliphatic carbocycles. The number of hydrogen-bond acceptors (Lipinski definition) is 3. The van der Waals surface area contributed by atoms with Crippen molar-refractivity contribution in [3.63, 3.8) is 0 Å². The van der Waals surface area contributed by atoms with Crippen LogP contribution in [0.2, 0.25) is 0 Å². The molecule has 0 saturated carbocycles. The zero-order valence-corrected chi connectivity index (χ0v) is 15.8. The zero-order valence-electron chi connectivity index (χ0n) is 12.2. The molecule has 0 aromatic heterocycles. The maximum atomic E-state index is 7.57. The molecule has 1 aromatic carbocycles. The molecule has 0 spiro atoms. The van der Waals surface area contributed by atoms with Gasteiger partial charge in [0.15, 0.2) is 0 Å². The Bertz CT molecular complexity index is 172. The molecule has 0 radical (unpaired) electrons. The van der Waals surface area contributed by atoms with E-state index in [4.69, 9.17) is 15.3 Å². The first kappa shape index (κ1) is 26.6. The summed E-state index contributed by atoms with van der Waals surface area (Å²) in [6.45, 7) is 7.99. The van der Waals surface area contributed by atoms with E-state index in [0.717, 1.165) is 0 Å². The van der Waals surface area contributed by atoms with Gasteiger partial charge in [-0.25, -0.2) is 12.1 Å². The fraction of sp³-hybridized carbons (Fsp3) is 0.643. The van der Waals surface area contributed by atoms with Gasteiger partial charge in [-0.05, 0) is 20.8 Å². The molecule has 4 heteroatoms. The minimum Gasteiger partial charge on any atom is -0.397 e. The Morgan fingerprint density at radius 3 is 1.28 bits per heavy atom. The number of aliphatic hydroxyl groups excluding tert-OH is 3. The molecule has 1 rings (SSSR count). The standard InChI is InChI=1S/C8H11.3C2H6O.Hf/c1-2-5-8-6-3-4-7-8;3*1-2-3;/h3-4,6-7H,2,5H2,1H3;3*3H,2H2,1H3;/q-1;;;;. The van der Waals surface area contributed by atoms with Crippen LogP contribution >= 0.6 is 0 Å². The molecule has 0 atom stereocenters. The van der Waals surface area contributed by atoms with Crippen LogP contribution < -0.4 is 0 Å². The third kappa shape index (κ3) is 36.0. The minimum absolute atomic E-state index is 0. The van der Waals surface area contributed by atoms with E-state index in [-0.39, 0.29) is 45.7 Å². The summed E-state index contributed by atoms with van der Waals surface area (Å²) in [7, 11) is 0. The Balaban J connectivity index is -0.0000000840. The van der Waals surface area contributed by atoms with E-state index in [1.807, 2.05) is 0 Å². The van der Waals surface area contributed by atoms with Crippen LogP contribution in [0, 0.1) is 0 Å².